The largest absolute Gasteiger partial charge is 0.481 e. The number of carbonyl (C=O) groups is 1. The lowest BCUT2D eigenvalue weighted by molar-refractivity contribution is -0.143. The predicted molar refractivity (Wildman–Crippen MR) is 50.2 cm³/mol. The Kier molecular flexibility index (Phi) is 3.32. The van der Waals surface area contributed by atoms with Gasteiger partial charge in [-0.2, -0.15) is 0 Å². The average molecular weight is 181 g/mol. The summed E-state index contributed by atoms with van der Waals surface area (Å²) in [5, 5.41) is 8.81. The van der Waals surface area contributed by atoms with Crippen LogP contribution in [0.25, 0.3) is 0 Å². The van der Waals surface area contributed by atoms with E-state index >= 15 is 0 Å². The van der Waals surface area contributed by atoms with Crippen LogP contribution in [-0.2, 0) is 4.79 Å². The Hall–Kier alpha value is -1.01. The molecule has 0 aliphatic carbocycles. The van der Waals surface area contributed by atoms with Crippen molar-refractivity contribution < 1.29 is 9.90 Å². The number of terminal acetylenes is 1. The van der Waals surface area contributed by atoms with Gasteiger partial charge in [0, 0.05) is 12.6 Å². The van der Waals surface area contributed by atoms with Crippen molar-refractivity contribution in [3.63, 3.8) is 0 Å². The first kappa shape index (κ1) is 10.1. The van der Waals surface area contributed by atoms with E-state index in [0.717, 1.165) is 19.4 Å². The molecule has 13 heavy (non-hydrogen) atoms. The lowest BCUT2D eigenvalue weighted by Crippen LogP contribution is -2.42. The Morgan fingerprint density at radius 3 is 2.92 bits per heavy atom. The second-order valence-electron chi connectivity index (χ2n) is 3.58. The molecule has 2 unspecified atom stereocenters. The first-order valence-corrected chi connectivity index (χ1v) is 4.55. The summed E-state index contributed by atoms with van der Waals surface area (Å²) < 4.78 is 0. The molecule has 3 heteroatoms. The molecule has 0 aromatic rings. The molecule has 0 radical (unpaired) electrons. The number of likely N-dealkylation sites (tertiary alicyclic amines) is 1. The van der Waals surface area contributed by atoms with Gasteiger partial charge in [-0.15, -0.1) is 6.42 Å². The Bertz CT molecular complexity index is 232. The maximum atomic E-state index is 10.7. The highest BCUT2D eigenvalue weighted by molar-refractivity contribution is 5.70. The molecule has 0 saturated carbocycles. The van der Waals surface area contributed by atoms with E-state index in [1.54, 1.807) is 0 Å². The lowest BCUT2D eigenvalue weighted by atomic mass is 9.92. The molecule has 72 valence electrons. The van der Waals surface area contributed by atoms with E-state index in [1.165, 1.54) is 0 Å². The van der Waals surface area contributed by atoms with Crippen LogP contribution in [0, 0.1) is 18.3 Å². The van der Waals surface area contributed by atoms with Crippen molar-refractivity contribution in [1.82, 2.24) is 4.90 Å². The van der Waals surface area contributed by atoms with E-state index in [9.17, 15) is 4.79 Å². The van der Waals surface area contributed by atoms with Crippen molar-refractivity contribution in [3.05, 3.63) is 0 Å². The van der Waals surface area contributed by atoms with Crippen LogP contribution in [-0.4, -0.2) is 35.1 Å². The first-order valence-electron chi connectivity index (χ1n) is 4.55. The summed E-state index contributed by atoms with van der Waals surface area (Å²) in [6.07, 6.45) is 6.65. The third-order valence-corrected chi connectivity index (χ3v) is 2.66. The number of nitrogens with zero attached hydrogens (tertiary/aromatic N) is 1. The SMILES string of the molecule is C#CCN1CCC(C(=O)O)CC1C. The van der Waals surface area contributed by atoms with Gasteiger partial charge in [0.1, 0.15) is 0 Å². The van der Waals surface area contributed by atoms with Gasteiger partial charge in [-0.3, -0.25) is 9.69 Å². The Morgan fingerprint density at radius 1 is 1.77 bits per heavy atom. The molecule has 1 saturated heterocycles. The minimum atomic E-state index is -0.674. The van der Waals surface area contributed by atoms with Crippen molar-refractivity contribution >= 4 is 5.97 Å². The summed E-state index contributed by atoms with van der Waals surface area (Å²) >= 11 is 0. The lowest BCUT2D eigenvalue weighted by Gasteiger charge is -2.34. The molecule has 0 aromatic carbocycles. The zero-order chi connectivity index (χ0) is 9.84. The topological polar surface area (TPSA) is 40.5 Å². The van der Waals surface area contributed by atoms with Crippen molar-refractivity contribution in [3.8, 4) is 12.3 Å². The molecule has 1 aliphatic rings. The van der Waals surface area contributed by atoms with Gasteiger partial charge in [0.05, 0.1) is 12.5 Å². The number of hydrogen-bond acceptors (Lipinski definition) is 2. The number of piperidine rings is 1. The Balaban J connectivity index is 2.47. The van der Waals surface area contributed by atoms with Gasteiger partial charge < -0.3 is 5.11 Å². The highest BCUT2D eigenvalue weighted by Gasteiger charge is 2.28. The average Bonchev–Trinajstić information content (AvgIpc) is 2.08. The number of carboxylic acids is 1. The van der Waals surface area contributed by atoms with Gasteiger partial charge in [0.15, 0.2) is 0 Å². The number of carboxylic acid groups (broad SMARTS) is 1. The minimum Gasteiger partial charge on any atom is -0.481 e. The van der Waals surface area contributed by atoms with E-state index in [0.29, 0.717) is 12.6 Å². The molecular formula is C10H15NO2. The molecule has 0 aromatic heterocycles. The highest BCUT2D eigenvalue weighted by Crippen LogP contribution is 2.22. The molecule has 3 nitrogen and oxygen atoms in total. The van der Waals surface area contributed by atoms with E-state index in [-0.39, 0.29) is 5.92 Å². The smallest absolute Gasteiger partial charge is 0.306 e. The van der Waals surface area contributed by atoms with Crippen LogP contribution in [0.1, 0.15) is 19.8 Å². The third kappa shape index (κ3) is 2.46. The second kappa shape index (κ2) is 4.29. The molecule has 1 heterocycles. The molecule has 1 rings (SSSR count). The monoisotopic (exact) mass is 181 g/mol. The van der Waals surface area contributed by atoms with Gasteiger partial charge in [-0.25, -0.2) is 0 Å². The van der Waals surface area contributed by atoms with Crippen LogP contribution in [0.5, 0.6) is 0 Å². The molecule has 1 fully saturated rings. The van der Waals surface area contributed by atoms with Crippen LogP contribution in [0.3, 0.4) is 0 Å². The zero-order valence-corrected chi connectivity index (χ0v) is 7.86. The predicted octanol–water partition coefficient (Wildman–Crippen LogP) is 0.805. The maximum absolute atomic E-state index is 10.7. The van der Waals surface area contributed by atoms with E-state index in [2.05, 4.69) is 10.8 Å². The summed E-state index contributed by atoms with van der Waals surface area (Å²) in [5.74, 6) is 1.74. The van der Waals surface area contributed by atoms with Crippen molar-refractivity contribution in [1.29, 1.82) is 0 Å². The normalized spacial score (nSPS) is 29.5. The molecule has 2 atom stereocenters. The van der Waals surface area contributed by atoms with Crippen LogP contribution in [0.15, 0.2) is 0 Å². The van der Waals surface area contributed by atoms with E-state index in [4.69, 9.17) is 11.5 Å². The van der Waals surface area contributed by atoms with Crippen molar-refractivity contribution in [2.45, 2.75) is 25.8 Å². The quantitative estimate of drug-likeness (QED) is 0.641. The molecule has 0 amide bonds. The number of hydrogen-bond donors (Lipinski definition) is 1. The first-order chi connectivity index (χ1) is 6.15. The summed E-state index contributed by atoms with van der Waals surface area (Å²) in [6, 6.07) is 0.297. The van der Waals surface area contributed by atoms with Gasteiger partial charge in [-0.1, -0.05) is 5.92 Å². The fraction of sp³-hybridized carbons (Fsp3) is 0.700. The van der Waals surface area contributed by atoms with Crippen LogP contribution < -0.4 is 0 Å². The molecule has 0 bridgehead atoms. The zero-order valence-electron chi connectivity index (χ0n) is 7.86. The summed E-state index contributed by atoms with van der Waals surface area (Å²) in [5.41, 5.74) is 0. The standard InChI is InChI=1S/C10H15NO2/c1-3-5-11-6-4-9(10(12)13)7-8(11)2/h1,8-9H,4-7H2,2H3,(H,12,13). The van der Waals surface area contributed by atoms with E-state index < -0.39 is 5.97 Å². The van der Waals surface area contributed by atoms with Crippen LogP contribution in [0.4, 0.5) is 0 Å². The molecule has 1 aliphatic heterocycles. The van der Waals surface area contributed by atoms with Gasteiger partial charge in [0.25, 0.3) is 0 Å². The van der Waals surface area contributed by atoms with Crippen molar-refractivity contribution in [2.24, 2.45) is 5.92 Å². The fourth-order valence-electron chi connectivity index (χ4n) is 1.80. The molecule has 1 N–H and O–H groups in total. The van der Waals surface area contributed by atoms with E-state index in [1.807, 2.05) is 6.92 Å². The van der Waals surface area contributed by atoms with Gasteiger partial charge in [-0.05, 0) is 19.8 Å². The van der Waals surface area contributed by atoms with Gasteiger partial charge >= 0.3 is 5.97 Å². The second-order valence-corrected chi connectivity index (χ2v) is 3.58. The fourth-order valence-corrected chi connectivity index (χ4v) is 1.80. The minimum absolute atomic E-state index is 0.177. The van der Waals surface area contributed by atoms with Crippen LogP contribution >= 0.6 is 0 Å². The summed E-state index contributed by atoms with van der Waals surface area (Å²) in [6.45, 7) is 3.47. The molecule has 0 spiro atoms. The highest BCUT2D eigenvalue weighted by atomic mass is 16.4. The van der Waals surface area contributed by atoms with Crippen LogP contribution in [0.2, 0.25) is 0 Å². The summed E-state index contributed by atoms with van der Waals surface area (Å²) in [4.78, 5) is 12.9. The Morgan fingerprint density at radius 2 is 2.46 bits per heavy atom. The molecular weight excluding hydrogens is 166 g/mol. The third-order valence-electron chi connectivity index (χ3n) is 2.66. The van der Waals surface area contributed by atoms with Crippen molar-refractivity contribution in [2.75, 3.05) is 13.1 Å². The van der Waals surface area contributed by atoms with Gasteiger partial charge in [0.2, 0.25) is 0 Å². The Labute approximate surface area is 78.7 Å². The number of rotatable bonds is 2. The number of aliphatic carboxylic acids is 1. The summed E-state index contributed by atoms with van der Waals surface area (Å²) in [7, 11) is 0. The maximum Gasteiger partial charge on any atom is 0.306 e.